The fourth-order valence-corrected chi connectivity index (χ4v) is 2.59. The number of nitrogens with one attached hydrogen (secondary N) is 1. The minimum absolute atomic E-state index is 0.168. The number of aliphatic hydroxyl groups excluding tert-OH is 1. The van der Waals surface area contributed by atoms with Gasteiger partial charge in [0.05, 0.1) is 11.6 Å². The number of nitrogens with zero attached hydrogens (tertiary/aromatic N) is 1. The summed E-state index contributed by atoms with van der Waals surface area (Å²) in [4.78, 5) is 16.6. The maximum atomic E-state index is 12.3. The predicted molar refractivity (Wildman–Crippen MR) is 84.2 cm³/mol. The highest BCUT2D eigenvalue weighted by Gasteiger charge is 2.17. The van der Waals surface area contributed by atoms with Crippen LogP contribution in [0.3, 0.4) is 0 Å². The minimum atomic E-state index is -0.503. The average Bonchev–Trinajstić information content (AvgIpc) is 2.53. The molecule has 2 aromatic rings. The van der Waals surface area contributed by atoms with Crippen LogP contribution in [0.4, 0.5) is 0 Å². The van der Waals surface area contributed by atoms with Gasteiger partial charge < -0.3 is 10.4 Å². The zero-order chi connectivity index (χ0) is 15.2. The smallest absolute Gasteiger partial charge is 0.252 e. The summed E-state index contributed by atoms with van der Waals surface area (Å²) < 4.78 is 0. The van der Waals surface area contributed by atoms with Crippen LogP contribution in [0.5, 0.6) is 0 Å². The van der Waals surface area contributed by atoms with E-state index in [1.54, 1.807) is 12.3 Å². The maximum Gasteiger partial charge on any atom is 0.252 e. The van der Waals surface area contributed by atoms with E-state index in [0.717, 1.165) is 23.7 Å². The Hall–Kier alpha value is -1.94. The normalized spacial score (nSPS) is 12.6. The standard InChI is InChI=1S/C17H22N2O2/c1-3-12(4-2)16(20)11-19-17(21)14-7-5-9-15-13(14)8-6-10-18-15/h5-10,12,16,20H,3-4,11H2,1-2H3,(H,19,21). The Morgan fingerprint density at radius 2 is 2.00 bits per heavy atom. The number of hydrogen-bond donors (Lipinski definition) is 2. The molecule has 2 rings (SSSR count). The van der Waals surface area contributed by atoms with Crippen LogP contribution < -0.4 is 5.32 Å². The largest absolute Gasteiger partial charge is 0.391 e. The Morgan fingerprint density at radius 1 is 1.24 bits per heavy atom. The van der Waals surface area contributed by atoms with Crippen LogP contribution in [0.2, 0.25) is 0 Å². The van der Waals surface area contributed by atoms with Crippen LogP contribution in [0.1, 0.15) is 37.0 Å². The third-order valence-electron chi connectivity index (χ3n) is 3.95. The van der Waals surface area contributed by atoms with Gasteiger partial charge in [0.15, 0.2) is 0 Å². The van der Waals surface area contributed by atoms with Crippen molar-refractivity contribution < 1.29 is 9.90 Å². The summed E-state index contributed by atoms with van der Waals surface area (Å²) in [6.07, 6.45) is 3.02. The van der Waals surface area contributed by atoms with Crippen molar-refractivity contribution in [2.24, 2.45) is 5.92 Å². The van der Waals surface area contributed by atoms with Crippen LogP contribution in [-0.4, -0.2) is 28.6 Å². The lowest BCUT2D eigenvalue weighted by Crippen LogP contribution is -2.36. The fourth-order valence-electron chi connectivity index (χ4n) is 2.59. The van der Waals surface area contributed by atoms with Gasteiger partial charge in [-0.2, -0.15) is 0 Å². The van der Waals surface area contributed by atoms with E-state index >= 15 is 0 Å². The Labute approximate surface area is 125 Å². The fraction of sp³-hybridized carbons (Fsp3) is 0.412. The van der Waals surface area contributed by atoms with Crippen molar-refractivity contribution in [2.75, 3.05) is 6.54 Å². The van der Waals surface area contributed by atoms with E-state index in [-0.39, 0.29) is 18.4 Å². The zero-order valence-corrected chi connectivity index (χ0v) is 12.5. The van der Waals surface area contributed by atoms with Gasteiger partial charge in [0.25, 0.3) is 5.91 Å². The molecule has 2 N–H and O–H groups in total. The van der Waals surface area contributed by atoms with Gasteiger partial charge in [-0.05, 0) is 24.1 Å². The van der Waals surface area contributed by atoms with E-state index in [1.807, 2.05) is 24.3 Å². The van der Waals surface area contributed by atoms with Crippen LogP contribution in [0.25, 0.3) is 10.9 Å². The number of carbonyl (C=O) groups is 1. The Balaban J connectivity index is 2.09. The van der Waals surface area contributed by atoms with Gasteiger partial charge in [0, 0.05) is 23.7 Å². The molecule has 1 aromatic carbocycles. The van der Waals surface area contributed by atoms with Gasteiger partial charge in [-0.3, -0.25) is 9.78 Å². The lowest BCUT2D eigenvalue weighted by Gasteiger charge is -2.20. The van der Waals surface area contributed by atoms with Gasteiger partial charge in [-0.1, -0.05) is 38.8 Å². The van der Waals surface area contributed by atoms with Gasteiger partial charge in [-0.15, -0.1) is 0 Å². The molecule has 0 aliphatic heterocycles. The highest BCUT2D eigenvalue weighted by Crippen LogP contribution is 2.17. The number of aromatic nitrogens is 1. The van der Waals surface area contributed by atoms with Crippen molar-refractivity contribution in [2.45, 2.75) is 32.8 Å². The van der Waals surface area contributed by atoms with E-state index in [0.29, 0.717) is 5.56 Å². The third-order valence-corrected chi connectivity index (χ3v) is 3.95. The molecule has 0 aliphatic carbocycles. The second kappa shape index (κ2) is 7.18. The molecule has 112 valence electrons. The molecule has 1 heterocycles. The number of benzene rings is 1. The van der Waals surface area contributed by atoms with E-state index in [1.165, 1.54) is 0 Å². The van der Waals surface area contributed by atoms with Gasteiger partial charge in [0.2, 0.25) is 0 Å². The van der Waals surface area contributed by atoms with Crippen molar-refractivity contribution in [3.63, 3.8) is 0 Å². The lowest BCUT2D eigenvalue weighted by molar-refractivity contribution is 0.0818. The molecule has 1 aromatic heterocycles. The van der Waals surface area contributed by atoms with Crippen molar-refractivity contribution in [1.29, 1.82) is 0 Å². The van der Waals surface area contributed by atoms with Crippen LogP contribution >= 0.6 is 0 Å². The third kappa shape index (κ3) is 3.58. The first-order valence-electron chi connectivity index (χ1n) is 7.47. The van der Waals surface area contributed by atoms with Crippen LogP contribution in [-0.2, 0) is 0 Å². The summed E-state index contributed by atoms with van der Waals surface area (Å²) in [6.45, 7) is 4.38. The predicted octanol–water partition coefficient (Wildman–Crippen LogP) is 2.76. The second-order valence-corrected chi connectivity index (χ2v) is 5.23. The van der Waals surface area contributed by atoms with Crippen LogP contribution in [0.15, 0.2) is 36.5 Å². The number of pyridine rings is 1. The van der Waals surface area contributed by atoms with Crippen molar-refractivity contribution in [3.8, 4) is 0 Å². The molecule has 0 saturated carbocycles. The number of rotatable bonds is 6. The van der Waals surface area contributed by atoms with Crippen molar-refractivity contribution >= 4 is 16.8 Å². The summed E-state index contributed by atoms with van der Waals surface area (Å²) in [5, 5.41) is 13.7. The quantitative estimate of drug-likeness (QED) is 0.858. The molecular weight excluding hydrogens is 264 g/mol. The average molecular weight is 286 g/mol. The maximum absolute atomic E-state index is 12.3. The van der Waals surface area contributed by atoms with Crippen LogP contribution in [0, 0.1) is 5.92 Å². The summed E-state index contributed by atoms with van der Waals surface area (Å²) in [5.41, 5.74) is 1.39. The highest BCUT2D eigenvalue weighted by molar-refractivity contribution is 6.06. The molecule has 4 nitrogen and oxygen atoms in total. The molecule has 0 aliphatic rings. The first-order valence-corrected chi connectivity index (χ1v) is 7.47. The Morgan fingerprint density at radius 3 is 2.71 bits per heavy atom. The molecule has 0 radical (unpaired) electrons. The Bertz CT molecular complexity index is 603. The summed E-state index contributed by atoms with van der Waals surface area (Å²) in [7, 11) is 0. The SMILES string of the molecule is CCC(CC)C(O)CNC(=O)c1cccc2ncccc12. The molecular formula is C17H22N2O2. The molecule has 0 saturated heterocycles. The summed E-state index contributed by atoms with van der Waals surface area (Å²) >= 11 is 0. The van der Waals surface area contributed by atoms with Crippen molar-refractivity contribution in [3.05, 3.63) is 42.1 Å². The molecule has 0 spiro atoms. The van der Waals surface area contributed by atoms with E-state index in [9.17, 15) is 9.90 Å². The molecule has 1 amide bonds. The number of amides is 1. The van der Waals surface area contributed by atoms with Crippen molar-refractivity contribution in [1.82, 2.24) is 10.3 Å². The zero-order valence-electron chi connectivity index (χ0n) is 12.5. The number of hydrogen-bond acceptors (Lipinski definition) is 3. The van der Waals surface area contributed by atoms with E-state index in [2.05, 4.69) is 24.1 Å². The van der Waals surface area contributed by atoms with Gasteiger partial charge in [0.1, 0.15) is 0 Å². The summed E-state index contributed by atoms with van der Waals surface area (Å²) in [6, 6.07) is 9.18. The molecule has 1 atom stereocenters. The number of fused-ring (bicyclic) bond motifs is 1. The summed E-state index contributed by atoms with van der Waals surface area (Å²) in [5.74, 6) is 0.0538. The Kier molecular flexibility index (Phi) is 5.28. The topological polar surface area (TPSA) is 62.2 Å². The first-order chi connectivity index (χ1) is 10.2. The molecule has 4 heteroatoms. The van der Waals surface area contributed by atoms with E-state index in [4.69, 9.17) is 0 Å². The highest BCUT2D eigenvalue weighted by atomic mass is 16.3. The van der Waals surface area contributed by atoms with Gasteiger partial charge >= 0.3 is 0 Å². The minimum Gasteiger partial charge on any atom is -0.391 e. The molecule has 0 fully saturated rings. The molecule has 1 unspecified atom stereocenters. The van der Waals surface area contributed by atoms with E-state index < -0.39 is 6.10 Å². The molecule has 21 heavy (non-hydrogen) atoms. The monoisotopic (exact) mass is 286 g/mol. The number of carbonyl (C=O) groups excluding carboxylic acids is 1. The number of aliphatic hydroxyl groups is 1. The first kappa shape index (κ1) is 15.4. The molecule has 0 bridgehead atoms. The lowest BCUT2D eigenvalue weighted by atomic mass is 9.96. The van der Waals surface area contributed by atoms with Gasteiger partial charge in [-0.25, -0.2) is 0 Å². The second-order valence-electron chi connectivity index (χ2n) is 5.23.